The molecule has 46 heavy (non-hydrogen) atoms. The van der Waals surface area contributed by atoms with Gasteiger partial charge in [0.2, 0.25) is 0 Å². The first-order valence-corrected chi connectivity index (χ1v) is 15.8. The van der Waals surface area contributed by atoms with E-state index >= 15 is 0 Å². The van der Waals surface area contributed by atoms with Gasteiger partial charge in [-0.15, -0.1) is 0 Å². The SMILES string of the molecule is C=CC=CC(=CC)N(c1ccccc1)c1cc2c3ccccc3c(N(C3=CC=CCC=C3)c3ccccc3)cc2c2ccccc12. The fraction of sp³-hybridized carbons (Fsp3) is 0.0455. The van der Waals surface area contributed by atoms with Gasteiger partial charge in [-0.3, -0.25) is 0 Å². The van der Waals surface area contributed by atoms with Gasteiger partial charge < -0.3 is 9.80 Å². The van der Waals surface area contributed by atoms with Crippen LogP contribution in [-0.2, 0) is 0 Å². The quantitative estimate of drug-likeness (QED) is 0.128. The summed E-state index contributed by atoms with van der Waals surface area (Å²) in [5.41, 5.74) is 6.72. The molecule has 2 nitrogen and oxygen atoms in total. The Balaban J connectivity index is 1.58. The van der Waals surface area contributed by atoms with Crippen LogP contribution in [0.3, 0.4) is 0 Å². The molecule has 2 heteroatoms. The second-order valence-corrected chi connectivity index (χ2v) is 11.3. The molecule has 0 radical (unpaired) electrons. The highest BCUT2D eigenvalue weighted by Crippen LogP contribution is 2.46. The number of anilines is 4. The summed E-state index contributed by atoms with van der Waals surface area (Å²) in [4.78, 5) is 4.75. The van der Waals surface area contributed by atoms with Crippen molar-refractivity contribution in [3.63, 3.8) is 0 Å². The Morgan fingerprint density at radius 3 is 1.83 bits per heavy atom. The molecular weight excluding hydrogens is 556 g/mol. The molecule has 0 fully saturated rings. The normalized spacial score (nSPS) is 13.3. The first-order valence-electron chi connectivity index (χ1n) is 15.8. The molecule has 0 atom stereocenters. The van der Waals surface area contributed by atoms with Crippen LogP contribution in [0.2, 0.25) is 0 Å². The number of fused-ring (bicyclic) bond motifs is 5. The second kappa shape index (κ2) is 13.0. The first-order chi connectivity index (χ1) is 22.8. The minimum absolute atomic E-state index is 0.919. The third-order valence-electron chi connectivity index (χ3n) is 8.53. The van der Waals surface area contributed by atoms with Crippen molar-refractivity contribution in [2.75, 3.05) is 9.80 Å². The molecule has 0 saturated carbocycles. The molecule has 1 aliphatic carbocycles. The lowest BCUT2D eigenvalue weighted by Crippen LogP contribution is -2.16. The summed E-state index contributed by atoms with van der Waals surface area (Å²) in [5.74, 6) is 0. The van der Waals surface area contributed by atoms with Crippen molar-refractivity contribution < 1.29 is 0 Å². The molecule has 0 unspecified atom stereocenters. The van der Waals surface area contributed by atoms with Crippen molar-refractivity contribution >= 4 is 55.1 Å². The minimum Gasteiger partial charge on any atom is -0.310 e. The molecule has 1 aliphatic rings. The smallest absolute Gasteiger partial charge is 0.0546 e. The Morgan fingerprint density at radius 2 is 1.20 bits per heavy atom. The molecule has 6 aromatic carbocycles. The van der Waals surface area contributed by atoms with E-state index < -0.39 is 0 Å². The highest BCUT2D eigenvalue weighted by atomic mass is 15.2. The lowest BCUT2D eigenvalue weighted by atomic mass is 9.93. The van der Waals surface area contributed by atoms with Crippen LogP contribution in [-0.4, -0.2) is 0 Å². The van der Waals surface area contributed by atoms with Gasteiger partial charge in [-0.25, -0.2) is 0 Å². The zero-order valence-corrected chi connectivity index (χ0v) is 26.1. The topological polar surface area (TPSA) is 6.48 Å². The third kappa shape index (κ3) is 5.35. The minimum atomic E-state index is 0.919. The molecular formula is C44H36N2. The Morgan fingerprint density at radius 1 is 0.630 bits per heavy atom. The van der Waals surface area contributed by atoms with Gasteiger partial charge in [0.25, 0.3) is 0 Å². The average molecular weight is 593 g/mol. The lowest BCUT2D eigenvalue weighted by Gasteiger charge is -2.30. The van der Waals surface area contributed by atoms with E-state index in [1.165, 1.54) is 32.3 Å². The molecule has 7 rings (SSSR count). The van der Waals surface area contributed by atoms with Crippen molar-refractivity contribution in [3.05, 3.63) is 194 Å². The van der Waals surface area contributed by atoms with Crippen molar-refractivity contribution in [2.45, 2.75) is 13.3 Å². The molecule has 0 spiro atoms. The van der Waals surface area contributed by atoms with Crippen LogP contribution in [0.15, 0.2) is 194 Å². The number of allylic oxidation sites excluding steroid dienone is 9. The van der Waals surface area contributed by atoms with Crippen LogP contribution in [0.5, 0.6) is 0 Å². The van der Waals surface area contributed by atoms with Crippen LogP contribution >= 0.6 is 0 Å². The molecule has 0 bridgehead atoms. The third-order valence-corrected chi connectivity index (χ3v) is 8.53. The standard InChI is InChI=1S/C44H36N2/c1-3-5-20-33(4-2)45(34-23-12-8-13-24-34)43-31-41-38-28-17-19-30-40(38)44(32-42(41)37-27-16-18-29-39(37)43)46(36-25-14-9-15-26-36)35-21-10-6-7-11-22-35/h3-6,8-32H,1,7H2,2H3. The van der Waals surface area contributed by atoms with E-state index in [4.69, 9.17) is 0 Å². The van der Waals surface area contributed by atoms with Crippen LogP contribution < -0.4 is 9.80 Å². The fourth-order valence-corrected chi connectivity index (χ4v) is 6.48. The lowest BCUT2D eigenvalue weighted by molar-refractivity contribution is 1.21. The largest absolute Gasteiger partial charge is 0.310 e. The molecule has 6 aromatic rings. The van der Waals surface area contributed by atoms with E-state index in [-0.39, 0.29) is 0 Å². The predicted octanol–water partition coefficient (Wildman–Crippen LogP) is 12.5. The summed E-state index contributed by atoms with van der Waals surface area (Å²) >= 11 is 0. The van der Waals surface area contributed by atoms with E-state index in [0.717, 1.165) is 40.6 Å². The Bertz CT molecular complexity index is 2200. The number of benzene rings is 6. The van der Waals surface area contributed by atoms with E-state index in [2.05, 4.69) is 187 Å². The monoisotopic (exact) mass is 592 g/mol. The van der Waals surface area contributed by atoms with E-state index in [0.29, 0.717) is 0 Å². The highest BCUT2D eigenvalue weighted by Gasteiger charge is 2.22. The highest BCUT2D eigenvalue weighted by molar-refractivity contribution is 6.24. The summed E-state index contributed by atoms with van der Waals surface area (Å²) in [5, 5.41) is 7.26. The van der Waals surface area contributed by atoms with Gasteiger partial charge in [-0.2, -0.15) is 0 Å². The molecule has 0 aromatic heterocycles. The van der Waals surface area contributed by atoms with Gasteiger partial charge in [-0.05, 0) is 89.5 Å². The van der Waals surface area contributed by atoms with Gasteiger partial charge in [-0.1, -0.05) is 128 Å². The van der Waals surface area contributed by atoms with Gasteiger partial charge in [0.1, 0.15) is 0 Å². The van der Waals surface area contributed by atoms with Crippen molar-refractivity contribution in [2.24, 2.45) is 0 Å². The van der Waals surface area contributed by atoms with Crippen LogP contribution in [0.4, 0.5) is 22.7 Å². The maximum Gasteiger partial charge on any atom is 0.0546 e. The van der Waals surface area contributed by atoms with Gasteiger partial charge in [0.05, 0.1) is 11.4 Å². The van der Waals surface area contributed by atoms with Crippen LogP contribution in [0.1, 0.15) is 13.3 Å². The van der Waals surface area contributed by atoms with Crippen LogP contribution in [0, 0.1) is 0 Å². The Hall–Kier alpha value is -5.86. The summed E-state index contributed by atoms with van der Waals surface area (Å²) < 4.78 is 0. The summed E-state index contributed by atoms with van der Waals surface area (Å²) in [6, 6.07) is 43.7. The van der Waals surface area contributed by atoms with E-state index in [1.807, 2.05) is 12.2 Å². The Labute approximate surface area is 271 Å². The fourth-order valence-electron chi connectivity index (χ4n) is 6.48. The van der Waals surface area contributed by atoms with Crippen molar-refractivity contribution in [3.8, 4) is 0 Å². The molecule has 0 amide bonds. The average Bonchev–Trinajstić information content (AvgIpc) is 3.40. The number of hydrogen-bond acceptors (Lipinski definition) is 2. The number of rotatable bonds is 8. The summed E-state index contributed by atoms with van der Waals surface area (Å²) in [6.07, 6.45) is 20.1. The first kappa shape index (κ1) is 28.9. The van der Waals surface area contributed by atoms with Gasteiger partial charge in [0.15, 0.2) is 0 Å². The predicted molar refractivity (Wildman–Crippen MR) is 200 cm³/mol. The molecule has 0 N–H and O–H groups in total. The van der Waals surface area contributed by atoms with E-state index in [1.54, 1.807) is 0 Å². The Kier molecular flexibility index (Phi) is 8.17. The summed E-state index contributed by atoms with van der Waals surface area (Å²) in [7, 11) is 0. The zero-order chi connectivity index (χ0) is 31.3. The maximum atomic E-state index is 3.93. The zero-order valence-electron chi connectivity index (χ0n) is 26.1. The molecule has 0 heterocycles. The van der Waals surface area contributed by atoms with Crippen molar-refractivity contribution in [1.82, 2.24) is 0 Å². The molecule has 0 aliphatic heterocycles. The molecule has 222 valence electrons. The summed E-state index contributed by atoms with van der Waals surface area (Å²) in [6.45, 7) is 6.02. The van der Waals surface area contributed by atoms with Gasteiger partial charge >= 0.3 is 0 Å². The van der Waals surface area contributed by atoms with Gasteiger partial charge in [0, 0.05) is 33.5 Å². The second-order valence-electron chi connectivity index (χ2n) is 11.3. The maximum absolute atomic E-state index is 3.93. The molecule has 0 saturated heterocycles. The van der Waals surface area contributed by atoms with E-state index in [9.17, 15) is 0 Å². The van der Waals surface area contributed by atoms with Crippen LogP contribution in [0.25, 0.3) is 32.3 Å². The number of para-hydroxylation sites is 2. The van der Waals surface area contributed by atoms with Crippen molar-refractivity contribution in [1.29, 1.82) is 0 Å². The number of hydrogen-bond donors (Lipinski definition) is 0. The number of nitrogens with zero attached hydrogens (tertiary/aromatic N) is 2.